The number of hydrogen-bond donors (Lipinski definition) is 2. The van der Waals surface area contributed by atoms with Gasteiger partial charge in [-0.05, 0) is 56.1 Å². The van der Waals surface area contributed by atoms with Gasteiger partial charge in [0.2, 0.25) is 5.91 Å². The van der Waals surface area contributed by atoms with Crippen LogP contribution in [0.5, 0.6) is 0 Å². The summed E-state index contributed by atoms with van der Waals surface area (Å²) in [5.74, 6) is 0.776. The summed E-state index contributed by atoms with van der Waals surface area (Å²) in [6.07, 6.45) is 2.64. The Labute approximate surface area is 132 Å². The second kappa shape index (κ2) is 7.05. The molecule has 0 spiro atoms. The lowest BCUT2D eigenvalue weighted by molar-refractivity contribution is -0.116. The van der Waals surface area contributed by atoms with E-state index in [1.165, 1.54) is 0 Å². The van der Waals surface area contributed by atoms with Crippen LogP contribution in [0.3, 0.4) is 0 Å². The molecule has 22 heavy (non-hydrogen) atoms. The molecule has 1 aliphatic rings. The van der Waals surface area contributed by atoms with Crippen molar-refractivity contribution in [1.29, 1.82) is 0 Å². The van der Waals surface area contributed by atoms with E-state index >= 15 is 0 Å². The molecule has 0 aromatic heterocycles. The Hall–Kier alpha value is -1.68. The average Bonchev–Trinajstić information content (AvgIpc) is 2.97. The molecule has 0 saturated carbocycles. The molecule has 1 unspecified atom stereocenters. The highest BCUT2D eigenvalue weighted by Crippen LogP contribution is 2.22. The van der Waals surface area contributed by atoms with Crippen LogP contribution < -0.4 is 10.6 Å². The van der Waals surface area contributed by atoms with Crippen molar-refractivity contribution >= 4 is 17.4 Å². The second-order valence-corrected chi connectivity index (χ2v) is 7.10. The molecule has 0 bridgehead atoms. The summed E-state index contributed by atoms with van der Waals surface area (Å²) < 4.78 is 0. The lowest BCUT2D eigenvalue weighted by atomic mass is 9.86. The first-order chi connectivity index (χ1) is 10.4. The van der Waals surface area contributed by atoms with Gasteiger partial charge in [0.15, 0.2) is 5.78 Å². The number of benzene rings is 1. The summed E-state index contributed by atoms with van der Waals surface area (Å²) in [5, 5.41) is 6.21. The van der Waals surface area contributed by atoms with Crippen molar-refractivity contribution in [1.82, 2.24) is 5.32 Å². The van der Waals surface area contributed by atoms with E-state index in [9.17, 15) is 9.59 Å². The van der Waals surface area contributed by atoms with E-state index in [0.29, 0.717) is 17.9 Å². The van der Waals surface area contributed by atoms with Gasteiger partial charge in [-0.25, -0.2) is 0 Å². The minimum absolute atomic E-state index is 0.0433. The van der Waals surface area contributed by atoms with Crippen molar-refractivity contribution in [3.05, 3.63) is 29.8 Å². The summed E-state index contributed by atoms with van der Waals surface area (Å²) in [6, 6.07) is 7.16. The van der Waals surface area contributed by atoms with Crippen molar-refractivity contribution in [2.24, 2.45) is 11.3 Å². The zero-order chi connectivity index (χ0) is 16.2. The highest BCUT2D eigenvalue weighted by Gasteiger charge is 2.22. The van der Waals surface area contributed by atoms with Gasteiger partial charge in [0.1, 0.15) is 0 Å². The van der Waals surface area contributed by atoms with Gasteiger partial charge < -0.3 is 10.6 Å². The van der Waals surface area contributed by atoms with Crippen molar-refractivity contribution in [3.63, 3.8) is 0 Å². The maximum Gasteiger partial charge on any atom is 0.224 e. The first-order valence-electron chi connectivity index (χ1n) is 8.02. The zero-order valence-corrected chi connectivity index (χ0v) is 13.7. The third-order valence-corrected chi connectivity index (χ3v) is 4.05. The number of amides is 1. The monoisotopic (exact) mass is 302 g/mol. The molecule has 1 aromatic rings. The Balaban J connectivity index is 1.85. The van der Waals surface area contributed by atoms with Crippen molar-refractivity contribution in [2.75, 3.05) is 18.4 Å². The summed E-state index contributed by atoms with van der Waals surface area (Å²) in [5.41, 5.74) is 1.04. The van der Waals surface area contributed by atoms with Crippen LogP contribution in [0.25, 0.3) is 0 Å². The Morgan fingerprint density at radius 3 is 2.45 bits per heavy atom. The van der Waals surface area contributed by atoms with Crippen LogP contribution in [0.4, 0.5) is 5.69 Å². The third kappa shape index (κ3) is 4.67. The number of ketones is 1. The lowest BCUT2D eigenvalue weighted by Gasteiger charge is -2.16. The predicted octanol–water partition coefficient (Wildman–Crippen LogP) is 3.24. The fraction of sp³-hybridized carbons (Fsp3) is 0.556. The predicted molar refractivity (Wildman–Crippen MR) is 89.1 cm³/mol. The first kappa shape index (κ1) is 16.7. The zero-order valence-electron chi connectivity index (χ0n) is 13.7. The quantitative estimate of drug-likeness (QED) is 0.821. The largest absolute Gasteiger partial charge is 0.326 e. The summed E-state index contributed by atoms with van der Waals surface area (Å²) >= 11 is 0. The van der Waals surface area contributed by atoms with E-state index in [4.69, 9.17) is 0 Å². The molecule has 120 valence electrons. The summed E-state index contributed by atoms with van der Waals surface area (Å²) in [6.45, 7) is 7.81. The molecule has 1 atom stereocenters. The van der Waals surface area contributed by atoms with Crippen LogP contribution >= 0.6 is 0 Å². The van der Waals surface area contributed by atoms with E-state index in [1.807, 2.05) is 20.8 Å². The van der Waals surface area contributed by atoms with Crippen LogP contribution in [-0.4, -0.2) is 24.8 Å². The van der Waals surface area contributed by atoms with Gasteiger partial charge in [-0.1, -0.05) is 20.8 Å². The molecule has 2 rings (SSSR count). The maximum absolute atomic E-state index is 12.2. The van der Waals surface area contributed by atoms with E-state index < -0.39 is 0 Å². The first-order valence-corrected chi connectivity index (χ1v) is 8.02. The summed E-state index contributed by atoms with van der Waals surface area (Å²) in [4.78, 5) is 24.1. The topological polar surface area (TPSA) is 58.2 Å². The van der Waals surface area contributed by atoms with Crippen LogP contribution in [0, 0.1) is 11.3 Å². The number of carbonyl (C=O) groups excluding carboxylic acids is 2. The van der Waals surface area contributed by atoms with Gasteiger partial charge in [0.25, 0.3) is 0 Å². The SMILES string of the molecule is CC(C)(C)C(=O)c1ccc(NC(=O)CCC2CCNC2)cc1. The van der Waals surface area contributed by atoms with Gasteiger partial charge in [-0.2, -0.15) is 0 Å². The van der Waals surface area contributed by atoms with Gasteiger partial charge in [0.05, 0.1) is 0 Å². The molecule has 4 heteroatoms. The Morgan fingerprint density at radius 1 is 1.23 bits per heavy atom. The molecule has 1 saturated heterocycles. The number of rotatable bonds is 5. The molecule has 1 aliphatic heterocycles. The molecular formula is C18H26N2O2. The number of Topliss-reactive ketones (excluding diaryl/α,β-unsaturated/α-hetero) is 1. The number of anilines is 1. The molecule has 0 radical (unpaired) electrons. The lowest BCUT2D eigenvalue weighted by Crippen LogP contribution is -2.20. The van der Waals surface area contributed by atoms with E-state index in [-0.39, 0.29) is 17.1 Å². The van der Waals surface area contributed by atoms with Crippen molar-refractivity contribution < 1.29 is 9.59 Å². The third-order valence-electron chi connectivity index (χ3n) is 4.05. The molecule has 4 nitrogen and oxygen atoms in total. The van der Waals surface area contributed by atoms with E-state index in [2.05, 4.69) is 10.6 Å². The number of hydrogen-bond acceptors (Lipinski definition) is 3. The fourth-order valence-corrected chi connectivity index (χ4v) is 2.66. The van der Waals surface area contributed by atoms with Crippen LogP contribution in [-0.2, 0) is 4.79 Å². The van der Waals surface area contributed by atoms with Crippen LogP contribution in [0.1, 0.15) is 50.4 Å². The van der Waals surface area contributed by atoms with Crippen molar-refractivity contribution in [3.8, 4) is 0 Å². The Bertz CT molecular complexity index is 523. The highest BCUT2D eigenvalue weighted by atomic mass is 16.1. The standard InChI is InChI=1S/C18H26N2O2/c1-18(2,3)17(22)14-5-7-15(8-6-14)20-16(21)9-4-13-10-11-19-12-13/h5-8,13,19H,4,9-12H2,1-3H3,(H,20,21). The van der Waals surface area contributed by atoms with Gasteiger partial charge in [-0.15, -0.1) is 0 Å². The van der Waals surface area contributed by atoms with Crippen molar-refractivity contribution in [2.45, 2.75) is 40.0 Å². The van der Waals surface area contributed by atoms with Gasteiger partial charge in [0, 0.05) is 23.1 Å². The smallest absolute Gasteiger partial charge is 0.224 e. The molecule has 1 amide bonds. The molecular weight excluding hydrogens is 276 g/mol. The summed E-state index contributed by atoms with van der Waals surface area (Å²) in [7, 11) is 0. The average molecular weight is 302 g/mol. The highest BCUT2D eigenvalue weighted by molar-refractivity contribution is 6.00. The number of carbonyl (C=O) groups is 2. The maximum atomic E-state index is 12.2. The van der Waals surface area contributed by atoms with E-state index in [0.717, 1.165) is 31.6 Å². The molecule has 1 aromatic carbocycles. The number of nitrogens with one attached hydrogen (secondary N) is 2. The second-order valence-electron chi connectivity index (χ2n) is 7.10. The molecule has 1 fully saturated rings. The Kier molecular flexibility index (Phi) is 5.35. The Morgan fingerprint density at radius 2 is 1.91 bits per heavy atom. The molecule has 0 aliphatic carbocycles. The minimum atomic E-state index is -0.389. The van der Waals surface area contributed by atoms with E-state index in [1.54, 1.807) is 24.3 Å². The van der Waals surface area contributed by atoms with Crippen LogP contribution in [0.2, 0.25) is 0 Å². The fourth-order valence-electron chi connectivity index (χ4n) is 2.66. The normalized spacial score (nSPS) is 18.2. The molecule has 2 N–H and O–H groups in total. The van der Waals surface area contributed by atoms with Crippen LogP contribution in [0.15, 0.2) is 24.3 Å². The van der Waals surface area contributed by atoms with Gasteiger partial charge >= 0.3 is 0 Å². The van der Waals surface area contributed by atoms with Gasteiger partial charge in [-0.3, -0.25) is 9.59 Å². The molecule has 1 heterocycles. The minimum Gasteiger partial charge on any atom is -0.326 e.